The lowest BCUT2D eigenvalue weighted by Gasteiger charge is -2.20. The molecule has 0 amide bonds. The quantitative estimate of drug-likeness (QED) is 0.705. The maximum absolute atomic E-state index is 9.52. The summed E-state index contributed by atoms with van der Waals surface area (Å²) in [5, 5.41) is 19.0. The highest BCUT2D eigenvalue weighted by molar-refractivity contribution is 5.75. The van der Waals surface area contributed by atoms with Gasteiger partial charge in [0.1, 0.15) is 11.5 Å². The molecule has 80 valence electrons. The van der Waals surface area contributed by atoms with Gasteiger partial charge in [-0.05, 0) is 59.4 Å². The molecule has 2 aromatic rings. The first kappa shape index (κ1) is 9.28. The van der Waals surface area contributed by atoms with Crippen LogP contribution in [0.3, 0.4) is 0 Å². The van der Waals surface area contributed by atoms with Crippen LogP contribution < -0.4 is 0 Å². The van der Waals surface area contributed by atoms with Crippen LogP contribution in [0.4, 0.5) is 0 Å². The molecule has 1 aliphatic carbocycles. The van der Waals surface area contributed by atoms with E-state index in [0.29, 0.717) is 0 Å². The van der Waals surface area contributed by atoms with E-state index in [1.54, 1.807) is 24.3 Å². The number of hydrogen-bond acceptors (Lipinski definition) is 2. The van der Waals surface area contributed by atoms with E-state index >= 15 is 0 Å². The lowest BCUT2D eigenvalue weighted by atomic mass is 9.85. The summed E-state index contributed by atoms with van der Waals surface area (Å²) in [5.41, 5.74) is 4.54. The van der Waals surface area contributed by atoms with E-state index in [9.17, 15) is 10.2 Å². The predicted octanol–water partition coefficient (Wildman–Crippen LogP) is 2.86. The highest BCUT2D eigenvalue weighted by Crippen LogP contribution is 2.37. The van der Waals surface area contributed by atoms with Crippen molar-refractivity contribution in [3.05, 3.63) is 47.5 Å². The Morgan fingerprint density at radius 2 is 1.12 bits per heavy atom. The first-order valence-corrected chi connectivity index (χ1v) is 5.38. The van der Waals surface area contributed by atoms with Crippen LogP contribution in [0.1, 0.15) is 11.1 Å². The molecule has 0 aromatic heterocycles. The first-order valence-electron chi connectivity index (χ1n) is 5.38. The fraction of sp³-hybridized carbons (Fsp3) is 0.143. The number of phenolic OH excluding ortho intramolecular Hbond substituents is 2. The van der Waals surface area contributed by atoms with Crippen molar-refractivity contribution in [2.75, 3.05) is 0 Å². The van der Waals surface area contributed by atoms with Gasteiger partial charge in [0, 0.05) is 0 Å². The van der Waals surface area contributed by atoms with E-state index in [1.165, 1.54) is 11.1 Å². The summed E-state index contributed by atoms with van der Waals surface area (Å²) in [5.74, 6) is 0.546. The molecule has 0 fully saturated rings. The van der Waals surface area contributed by atoms with Crippen LogP contribution in [0.15, 0.2) is 36.4 Å². The second-order valence-electron chi connectivity index (χ2n) is 4.18. The molecule has 0 radical (unpaired) electrons. The minimum Gasteiger partial charge on any atom is -0.508 e. The molecule has 2 aromatic carbocycles. The van der Waals surface area contributed by atoms with Gasteiger partial charge in [-0.15, -0.1) is 0 Å². The van der Waals surface area contributed by atoms with Gasteiger partial charge in [-0.2, -0.15) is 0 Å². The van der Waals surface area contributed by atoms with Crippen molar-refractivity contribution in [3.8, 4) is 22.6 Å². The van der Waals surface area contributed by atoms with Crippen LogP contribution in [-0.4, -0.2) is 10.2 Å². The van der Waals surface area contributed by atoms with E-state index in [2.05, 4.69) is 0 Å². The number of benzene rings is 2. The van der Waals surface area contributed by atoms with Gasteiger partial charge in [0.15, 0.2) is 0 Å². The van der Waals surface area contributed by atoms with Crippen LogP contribution in [0, 0.1) is 0 Å². The molecule has 0 heterocycles. The summed E-state index contributed by atoms with van der Waals surface area (Å²) >= 11 is 0. The molecular weight excluding hydrogens is 200 g/mol. The molecule has 1 aliphatic rings. The SMILES string of the molecule is Oc1ccc2c(c1)-c1cc(O)ccc1CC2. The monoisotopic (exact) mass is 212 g/mol. The zero-order valence-corrected chi connectivity index (χ0v) is 8.77. The number of aromatic hydroxyl groups is 2. The first-order chi connectivity index (χ1) is 7.74. The number of fused-ring (bicyclic) bond motifs is 3. The summed E-state index contributed by atoms with van der Waals surface area (Å²) in [6, 6.07) is 10.9. The molecule has 16 heavy (non-hydrogen) atoms. The van der Waals surface area contributed by atoms with E-state index in [1.807, 2.05) is 12.1 Å². The smallest absolute Gasteiger partial charge is 0.116 e. The van der Waals surface area contributed by atoms with Crippen molar-refractivity contribution in [2.24, 2.45) is 0 Å². The van der Waals surface area contributed by atoms with Gasteiger partial charge in [-0.3, -0.25) is 0 Å². The largest absolute Gasteiger partial charge is 0.508 e. The van der Waals surface area contributed by atoms with Crippen molar-refractivity contribution in [1.82, 2.24) is 0 Å². The Morgan fingerprint density at radius 1 is 0.688 bits per heavy atom. The van der Waals surface area contributed by atoms with Crippen molar-refractivity contribution in [1.29, 1.82) is 0 Å². The zero-order valence-electron chi connectivity index (χ0n) is 8.77. The second kappa shape index (κ2) is 3.27. The minimum atomic E-state index is 0.273. The van der Waals surface area contributed by atoms with Gasteiger partial charge in [0.25, 0.3) is 0 Å². The third kappa shape index (κ3) is 1.34. The summed E-state index contributed by atoms with van der Waals surface area (Å²) < 4.78 is 0. The fourth-order valence-electron chi connectivity index (χ4n) is 2.34. The molecule has 3 rings (SSSR count). The summed E-state index contributed by atoms with van der Waals surface area (Å²) in [6.45, 7) is 0. The molecule has 0 spiro atoms. The molecule has 0 saturated carbocycles. The van der Waals surface area contributed by atoms with Crippen LogP contribution in [0.2, 0.25) is 0 Å². The Kier molecular flexibility index (Phi) is 1.90. The third-order valence-electron chi connectivity index (χ3n) is 3.14. The van der Waals surface area contributed by atoms with Gasteiger partial charge in [0.2, 0.25) is 0 Å². The van der Waals surface area contributed by atoms with Gasteiger partial charge in [0.05, 0.1) is 0 Å². The Labute approximate surface area is 93.8 Å². The van der Waals surface area contributed by atoms with E-state index in [4.69, 9.17) is 0 Å². The maximum atomic E-state index is 9.52. The minimum absolute atomic E-state index is 0.273. The molecule has 2 heteroatoms. The number of hydrogen-bond donors (Lipinski definition) is 2. The van der Waals surface area contributed by atoms with E-state index in [0.717, 1.165) is 24.0 Å². The topological polar surface area (TPSA) is 40.5 Å². The normalized spacial score (nSPS) is 13.0. The van der Waals surface area contributed by atoms with Crippen molar-refractivity contribution in [2.45, 2.75) is 12.8 Å². The third-order valence-corrected chi connectivity index (χ3v) is 3.14. The van der Waals surface area contributed by atoms with Gasteiger partial charge in [-0.1, -0.05) is 12.1 Å². The van der Waals surface area contributed by atoms with Crippen molar-refractivity contribution >= 4 is 0 Å². The van der Waals surface area contributed by atoms with Crippen LogP contribution in [-0.2, 0) is 12.8 Å². The summed E-state index contributed by atoms with van der Waals surface area (Å²) in [7, 11) is 0. The van der Waals surface area contributed by atoms with E-state index < -0.39 is 0 Å². The molecule has 0 unspecified atom stereocenters. The maximum Gasteiger partial charge on any atom is 0.116 e. The molecule has 2 nitrogen and oxygen atoms in total. The average molecular weight is 212 g/mol. The molecule has 0 bridgehead atoms. The average Bonchev–Trinajstić information content (AvgIpc) is 2.29. The highest BCUT2D eigenvalue weighted by atomic mass is 16.3. The number of aryl methyl sites for hydroxylation is 2. The molecular formula is C14H12O2. The molecule has 0 atom stereocenters. The highest BCUT2D eigenvalue weighted by Gasteiger charge is 2.16. The Morgan fingerprint density at radius 3 is 1.56 bits per heavy atom. The van der Waals surface area contributed by atoms with Crippen LogP contribution in [0.5, 0.6) is 11.5 Å². The fourth-order valence-corrected chi connectivity index (χ4v) is 2.34. The predicted molar refractivity (Wildman–Crippen MR) is 62.6 cm³/mol. The lowest BCUT2D eigenvalue weighted by molar-refractivity contribution is 0.473. The lowest BCUT2D eigenvalue weighted by Crippen LogP contribution is -2.03. The summed E-state index contributed by atoms with van der Waals surface area (Å²) in [6.07, 6.45) is 1.99. The molecule has 0 aliphatic heterocycles. The summed E-state index contributed by atoms with van der Waals surface area (Å²) in [4.78, 5) is 0. The standard InChI is InChI=1S/C14H12O2/c15-11-5-3-9-1-2-10-4-6-12(16)8-14(10)13(9)7-11/h3-8,15-16H,1-2H2. The number of phenols is 2. The zero-order chi connectivity index (χ0) is 11.1. The molecule has 2 N–H and O–H groups in total. The van der Waals surface area contributed by atoms with Gasteiger partial charge < -0.3 is 10.2 Å². The molecule has 0 saturated heterocycles. The van der Waals surface area contributed by atoms with Crippen molar-refractivity contribution in [3.63, 3.8) is 0 Å². The van der Waals surface area contributed by atoms with Gasteiger partial charge >= 0.3 is 0 Å². The van der Waals surface area contributed by atoms with Crippen molar-refractivity contribution < 1.29 is 10.2 Å². The Bertz CT molecular complexity index is 507. The van der Waals surface area contributed by atoms with Crippen LogP contribution in [0.25, 0.3) is 11.1 Å². The number of rotatable bonds is 0. The van der Waals surface area contributed by atoms with E-state index in [-0.39, 0.29) is 11.5 Å². The van der Waals surface area contributed by atoms with Gasteiger partial charge in [-0.25, -0.2) is 0 Å². The Hall–Kier alpha value is -1.96. The second-order valence-corrected chi connectivity index (χ2v) is 4.18. The van der Waals surface area contributed by atoms with Crippen LogP contribution >= 0.6 is 0 Å². The Balaban J connectivity index is 2.28.